The average molecular weight is 302 g/mol. The fraction of sp³-hybridized carbons (Fsp3) is 0.250. The summed E-state index contributed by atoms with van der Waals surface area (Å²) in [5, 5.41) is 0. The van der Waals surface area contributed by atoms with E-state index >= 15 is 0 Å². The van der Waals surface area contributed by atoms with E-state index in [4.69, 9.17) is 0 Å². The first-order chi connectivity index (χ1) is 5.88. The first-order valence-corrected chi connectivity index (χ1v) is 4.48. The normalized spacial score (nSPS) is 11.5. The van der Waals surface area contributed by atoms with Crippen molar-refractivity contribution < 1.29 is 17.9 Å². The summed E-state index contributed by atoms with van der Waals surface area (Å²) in [6, 6.07) is 4.50. The van der Waals surface area contributed by atoms with Crippen LogP contribution in [0.1, 0.15) is 5.56 Å². The Balaban J connectivity index is 2.90. The highest BCUT2D eigenvalue weighted by Gasteiger charge is 2.31. The maximum absolute atomic E-state index is 11.8. The first kappa shape index (κ1) is 10.6. The van der Waals surface area contributed by atoms with Crippen molar-refractivity contribution in [1.29, 1.82) is 0 Å². The van der Waals surface area contributed by atoms with Crippen LogP contribution in [0.2, 0.25) is 0 Å². The maximum atomic E-state index is 11.8. The maximum Gasteiger partial charge on any atom is 0.573 e. The van der Waals surface area contributed by atoms with Crippen molar-refractivity contribution in [1.82, 2.24) is 0 Å². The summed E-state index contributed by atoms with van der Waals surface area (Å²) in [6.07, 6.45) is -4.61. The van der Waals surface area contributed by atoms with Gasteiger partial charge in [-0.3, -0.25) is 0 Å². The number of alkyl halides is 3. The van der Waals surface area contributed by atoms with Crippen LogP contribution in [0.25, 0.3) is 0 Å². The summed E-state index contributed by atoms with van der Waals surface area (Å²) in [5.41, 5.74) is 0.476. The van der Waals surface area contributed by atoms with Crippen LogP contribution in [-0.4, -0.2) is 6.36 Å². The summed E-state index contributed by atoms with van der Waals surface area (Å²) in [7, 11) is 0. The molecule has 1 aromatic rings. The van der Waals surface area contributed by atoms with E-state index in [1.807, 2.05) is 22.6 Å². The second-order valence-corrected chi connectivity index (χ2v) is 3.70. The molecule has 0 saturated heterocycles. The predicted molar refractivity (Wildman–Crippen MR) is 50.6 cm³/mol. The molecule has 0 aliphatic heterocycles. The number of hydrogen-bond acceptors (Lipinski definition) is 1. The number of ether oxygens (including phenoxy) is 1. The van der Waals surface area contributed by atoms with E-state index in [1.165, 1.54) is 6.07 Å². The van der Waals surface area contributed by atoms with Crippen LogP contribution in [0.15, 0.2) is 18.2 Å². The van der Waals surface area contributed by atoms with Crippen molar-refractivity contribution in [3.63, 3.8) is 0 Å². The molecule has 5 heteroatoms. The second kappa shape index (κ2) is 3.73. The molecule has 0 atom stereocenters. The van der Waals surface area contributed by atoms with E-state index in [0.717, 1.165) is 3.57 Å². The molecule has 0 aliphatic rings. The van der Waals surface area contributed by atoms with Crippen molar-refractivity contribution in [3.05, 3.63) is 27.3 Å². The van der Waals surface area contributed by atoms with Crippen LogP contribution in [0, 0.1) is 10.5 Å². The van der Waals surface area contributed by atoms with E-state index in [-0.39, 0.29) is 5.75 Å². The van der Waals surface area contributed by atoms with Crippen LogP contribution in [-0.2, 0) is 0 Å². The highest BCUT2D eigenvalue weighted by molar-refractivity contribution is 14.1. The zero-order valence-electron chi connectivity index (χ0n) is 6.65. The van der Waals surface area contributed by atoms with Crippen LogP contribution in [0.3, 0.4) is 0 Å². The molecule has 0 unspecified atom stereocenters. The van der Waals surface area contributed by atoms with E-state index in [2.05, 4.69) is 4.74 Å². The molecule has 0 spiro atoms. The Labute approximate surface area is 87.0 Å². The highest BCUT2D eigenvalue weighted by Crippen LogP contribution is 2.26. The van der Waals surface area contributed by atoms with Gasteiger partial charge >= 0.3 is 6.36 Å². The molecule has 1 nitrogen and oxygen atoms in total. The van der Waals surface area contributed by atoms with Crippen LogP contribution < -0.4 is 4.74 Å². The molecule has 0 aromatic heterocycles. The third kappa shape index (κ3) is 3.41. The zero-order chi connectivity index (χ0) is 10.1. The SMILES string of the molecule is Cc1cc(I)ccc1OC(F)(F)F. The molecule has 0 saturated carbocycles. The third-order valence-electron chi connectivity index (χ3n) is 1.36. The van der Waals surface area contributed by atoms with E-state index in [0.29, 0.717) is 5.56 Å². The minimum Gasteiger partial charge on any atom is -0.406 e. The van der Waals surface area contributed by atoms with Gasteiger partial charge in [0.1, 0.15) is 5.75 Å². The van der Waals surface area contributed by atoms with E-state index < -0.39 is 6.36 Å². The monoisotopic (exact) mass is 302 g/mol. The van der Waals surface area contributed by atoms with Gasteiger partial charge in [-0.2, -0.15) is 0 Å². The summed E-state index contributed by atoms with van der Waals surface area (Å²) in [6.45, 7) is 1.57. The predicted octanol–water partition coefficient (Wildman–Crippen LogP) is 3.50. The minimum absolute atomic E-state index is 0.145. The molecular formula is C8H6F3IO. The minimum atomic E-state index is -4.61. The first-order valence-electron chi connectivity index (χ1n) is 3.40. The van der Waals surface area contributed by atoms with Gasteiger partial charge in [-0.25, -0.2) is 0 Å². The fourth-order valence-electron chi connectivity index (χ4n) is 0.852. The fourth-order valence-corrected chi connectivity index (χ4v) is 1.50. The molecular weight excluding hydrogens is 296 g/mol. The van der Waals surface area contributed by atoms with Crippen molar-refractivity contribution in [2.45, 2.75) is 13.3 Å². The zero-order valence-corrected chi connectivity index (χ0v) is 8.81. The lowest BCUT2D eigenvalue weighted by atomic mass is 10.2. The van der Waals surface area contributed by atoms with Gasteiger partial charge in [0.05, 0.1) is 0 Å². The molecule has 72 valence electrons. The van der Waals surface area contributed by atoms with E-state index in [9.17, 15) is 13.2 Å². The van der Waals surface area contributed by atoms with Crippen molar-refractivity contribution in [2.24, 2.45) is 0 Å². The van der Waals surface area contributed by atoms with Gasteiger partial charge in [-0.1, -0.05) is 0 Å². The summed E-state index contributed by atoms with van der Waals surface area (Å²) in [4.78, 5) is 0. The molecule has 0 fully saturated rings. The number of aryl methyl sites for hydroxylation is 1. The molecule has 0 heterocycles. The molecule has 0 bridgehead atoms. The summed E-state index contributed by atoms with van der Waals surface area (Å²) < 4.78 is 40.1. The van der Waals surface area contributed by atoms with Gasteiger partial charge in [0.2, 0.25) is 0 Å². The molecule has 0 aliphatic carbocycles. The number of rotatable bonds is 1. The average Bonchev–Trinajstić information content (AvgIpc) is 1.93. The Morgan fingerprint density at radius 2 is 1.92 bits per heavy atom. The Bertz CT molecular complexity index is 309. The number of benzene rings is 1. The van der Waals surface area contributed by atoms with Gasteiger partial charge in [-0.05, 0) is 53.3 Å². The molecule has 0 amide bonds. The number of hydrogen-bond donors (Lipinski definition) is 0. The Morgan fingerprint density at radius 3 is 2.38 bits per heavy atom. The second-order valence-electron chi connectivity index (χ2n) is 2.46. The van der Waals surface area contributed by atoms with Gasteiger partial charge in [-0.15, -0.1) is 13.2 Å². The van der Waals surface area contributed by atoms with E-state index in [1.54, 1.807) is 19.1 Å². The third-order valence-corrected chi connectivity index (χ3v) is 2.03. The van der Waals surface area contributed by atoms with Gasteiger partial charge in [0, 0.05) is 3.57 Å². The van der Waals surface area contributed by atoms with Gasteiger partial charge < -0.3 is 4.74 Å². The lowest BCUT2D eigenvalue weighted by Gasteiger charge is -2.10. The molecule has 0 N–H and O–H groups in total. The van der Waals surface area contributed by atoms with Crippen LogP contribution >= 0.6 is 22.6 Å². The molecule has 1 rings (SSSR count). The topological polar surface area (TPSA) is 9.23 Å². The Kier molecular flexibility index (Phi) is 3.05. The Hall–Kier alpha value is -0.460. The van der Waals surface area contributed by atoms with Gasteiger partial charge in [0.15, 0.2) is 0 Å². The lowest BCUT2D eigenvalue weighted by Crippen LogP contribution is -2.17. The van der Waals surface area contributed by atoms with Crippen molar-refractivity contribution >= 4 is 22.6 Å². The smallest absolute Gasteiger partial charge is 0.406 e. The van der Waals surface area contributed by atoms with Crippen molar-refractivity contribution in [2.75, 3.05) is 0 Å². The standard InChI is InChI=1S/C8H6F3IO/c1-5-4-6(12)2-3-7(5)13-8(9,10)11/h2-4H,1H3. The van der Waals surface area contributed by atoms with Gasteiger partial charge in [0.25, 0.3) is 0 Å². The molecule has 13 heavy (non-hydrogen) atoms. The Morgan fingerprint density at radius 1 is 1.31 bits per heavy atom. The summed E-state index contributed by atoms with van der Waals surface area (Å²) >= 11 is 2.02. The lowest BCUT2D eigenvalue weighted by molar-refractivity contribution is -0.274. The van der Waals surface area contributed by atoms with Crippen LogP contribution in [0.4, 0.5) is 13.2 Å². The highest BCUT2D eigenvalue weighted by atomic mass is 127. The van der Waals surface area contributed by atoms with Crippen molar-refractivity contribution in [3.8, 4) is 5.75 Å². The molecule has 0 radical (unpaired) electrons. The largest absolute Gasteiger partial charge is 0.573 e. The quantitative estimate of drug-likeness (QED) is 0.722. The van der Waals surface area contributed by atoms with Crippen LogP contribution in [0.5, 0.6) is 5.75 Å². The summed E-state index contributed by atoms with van der Waals surface area (Å²) in [5.74, 6) is -0.145. The number of halogens is 4. The molecule has 1 aromatic carbocycles.